The van der Waals surface area contributed by atoms with Crippen molar-refractivity contribution in [3.8, 4) is 0 Å². The van der Waals surface area contributed by atoms with Crippen LogP contribution in [0.1, 0.15) is 12.8 Å². The highest BCUT2D eigenvalue weighted by molar-refractivity contribution is 4.69. The van der Waals surface area contributed by atoms with Gasteiger partial charge in [0.15, 0.2) is 0 Å². The molecule has 0 aliphatic rings. The minimum atomic E-state index is -2.78. The van der Waals surface area contributed by atoms with E-state index in [2.05, 4.69) is 5.32 Å². The van der Waals surface area contributed by atoms with Gasteiger partial charge in [-0.1, -0.05) is 0 Å². The van der Waals surface area contributed by atoms with Crippen LogP contribution in [0.3, 0.4) is 0 Å². The fraction of sp³-hybridized carbons (Fsp3) is 1.00. The van der Waals surface area contributed by atoms with Gasteiger partial charge in [-0.15, -0.1) is 0 Å². The fourth-order valence-corrected chi connectivity index (χ4v) is 0.738. The van der Waals surface area contributed by atoms with Crippen LogP contribution >= 0.6 is 0 Å². The minimum absolute atomic E-state index is 0.339. The van der Waals surface area contributed by atoms with Gasteiger partial charge in [-0.2, -0.15) is 0 Å². The number of hydrogen-bond donors (Lipinski definition) is 3. The molecule has 0 rings (SSSR count). The summed E-state index contributed by atoms with van der Waals surface area (Å²) in [5.74, 6) is -2.78. The zero-order valence-corrected chi connectivity index (χ0v) is 7.15. The Balaban J connectivity index is 3.19. The second kappa shape index (κ2) is 6.28. The molecule has 0 aromatic heterocycles. The standard InChI is InChI=1S/C7H17F2N3/c8-7(9,5-11)6-12-4-2-1-3-10/h12H,1-6,10-11H2. The van der Waals surface area contributed by atoms with E-state index in [4.69, 9.17) is 11.5 Å². The number of hydrogen-bond acceptors (Lipinski definition) is 3. The number of halogens is 2. The van der Waals surface area contributed by atoms with Gasteiger partial charge < -0.3 is 16.8 Å². The summed E-state index contributed by atoms with van der Waals surface area (Å²) in [6, 6.07) is 0. The Morgan fingerprint density at radius 1 is 1.17 bits per heavy atom. The molecule has 3 nitrogen and oxygen atoms in total. The number of nitrogens with two attached hydrogens (primary N) is 2. The Bertz CT molecular complexity index is 109. The van der Waals surface area contributed by atoms with E-state index < -0.39 is 12.5 Å². The van der Waals surface area contributed by atoms with Crippen molar-refractivity contribution in [3.63, 3.8) is 0 Å². The Morgan fingerprint density at radius 2 is 1.83 bits per heavy atom. The Labute approximate surface area is 71.5 Å². The SMILES string of the molecule is NCCCCNCC(F)(F)CN. The van der Waals surface area contributed by atoms with Gasteiger partial charge in [0.05, 0.1) is 13.1 Å². The molecule has 0 radical (unpaired) electrons. The van der Waals surface area contributed by atoms with Gasteiger partial charge in [0, 0.05) is 0 Å². The van der Waals surface area contributed by atoms with Crippen molar-refractivity contribution in [1.82, 2.24) is 5.32 Å². The first-order chi connectivity index (χ1) is 5.62. The molecule has 0 aliphatic carbocycles. The van der Waals surface area contributed by atoms with E-state index in [0.717, 1.165) is 12.8 Å². The molecule has 0 aromatic rings. The molecule has 0 aliphatic heterocycles. The van der Waals surface area contributed by atoms with Crippen LogP contribution in [-0.4, -0.2) is 32.1 Å². The molecule has 5 heteroatoms. The predicted octanol–water partition coefficient (Wildman–Crippen LogP) is -0.0911. The van der Waals surface area contributed by atoms with Gasteiger partial charge in [0.1, 0.15) is 0 Å². The van der Waals surface area contributed by atoms with Gasteiger partial charge in [0.2, 0.25) is 0 Å². The molecule has 0 unspecified atom stereocenters. The molecule has 0 bridgehead atoms. The molecule has 0 atom stereocenters. The first kappa shape index (κ1) is 11.7. The van der Waals surface area contributed by atoms with Crippen LogP contribution in [0.15, 0.2) is 0 Å². The number of unbranched alkanes of at least 4 members (excludes halogenated alkanes) is 1. The normalized spacial score (nSPS) is 12.0. The van der Waals surface area contributed by atoms with Crippen molar-refractivity contribution >= 4 is 0 Å². The molecule has 74 valence electrons. The van der Waals surface area contributed by atoms with Crippen LogP contribution in [0, 0.1) is 0 Å². The first-order valence-corrected chi connectivity index (χ1v) is 4.11. The van der Waals surface area contributed by atoms with Crippen molar-refractivity contribution in [2.24, 2.45) is 11.5 Å². The summed E-state index contributed by atoms with van der Waals surface area (Å²) in [7, 11) is 0. The van der Waals surface area contributed by atoms with Gasteiger partial charge in [0.25, 0.3) is 5.92 Å². The third-order valence-electron chi connectivity index (χ3n) is 1.49. The lowest BCUT2D eigenvalue weighted by Crippen LogP contribution is -2.39. The van der Waals surface area contributed by atoms with Gasteiger partial charge >= 0.3 is 0 Å². The summed E-state index contributed by atoms with van der Waals surface area (Å²) in [5, 5.41) is 2.63. The predicted molar refractivity (Wildman–Crippen MR) is 45.2 cm³/mol. The third-order valence-corrected chi connectivity index (χ3v) is 1.49. The molecule has 0 spiro atoms. The van der Waals surface area contributed by atoms with Crippen molar-refractivity contribution in [3.05, 3.63) is 0 Å². The Kier molecular flexibility index (Phi) is 6.14. The second-order valence-corrected chi connectivity index (χ2v) is 2.73. The van der Waals surface area contributed by atoms with E-state index in [1.54, 1.807) is 0 Å². The summed E-state index contributed by atoms with van der Waals surface area (Å²) in [6.07, 6.45) is 1.69. The van der Waals surface area contributed by atoms with Crippen LogP contribution in [0.25, 0.3) is 0 Å². The number of alkyl halides is 2. The first-order valence-electron chi connectivity index (χ1n) is 4.11. The summed E-state index contributed by atoms with van der Waals surface area (Å²) >= 11 is 0. The summed E-state index contributed by atoms with van der Waals surface area (Å²) in [4.78, 5) is 0. The zero-order valence-electron chi connectivity index (χ0n) is 7.15. The average Bonchev–Trinajstić information content (AvgIpc) is 2.04. The smallest absolute Gasteiger partial charge is 0.272 e. The lowest BCUT2D eigenvalue weighted by atomic mass is 10.3. The Morgan fingerprint density at radius 3 is 2.33 bits per heavy atom. The highest BCUT2D eigenvalue weighted by atomic mass is 19.3. The van der Waals surface area contributed by atoms with Crippen LogP contribution < -0.4 is 16.8 Å². The molecule has 0 saturated heterocycles. The largest absolute Gasteiger partial charge is 0.330 e. The van der Waals surface area contributed by atoms with E-state index in [0.29, 0.717) is 13.1 Å². The van der Waals surface area contributed by atoms with Crippen LogP contribution in [0.5, 0.6) is 0 Å². The molecular formula is C7H17F2N3. The molecule has 12 heavy (non-hydrogen) atoms. The lowest BCUT2D eigenvalue weighted by Gasteiger charge is -2.14. The maximum Gasteiger partial charge on any atom is 0.272 e. The van der Waals surface area contributed by atoms with Gasteiger partial charge in [-0.25, -0.2) is 8.78 Å². The molecule has 0 aromatic carbocycles. The molecule has 5 N–H and O–H groups in total. The van der Waals surface area contributed by atoms with E-state index >= 15 is 0 Å². The maximum absolute atomic E-state index is 12.4. The lowest BCUT2D eigenvalue weighted by molar-refractivity contribution is 0.0120. The topological polar surface area (TPSA) is 64.1 Å². The Hall–Kier alpha value is -0.260. The molecular weight excluding hydrogens is 164 g/mol. The van der Waals surface area contributed by atoms with E-state index in [1.807, 2.05) is 0 Å². The molecule has 0 saturated carbocycles. The quantitative estimate of drug-likeness (QED) is 0.481. The molecule has 0 amide bonds. The van der Waals surface area contributed by atoms with E-state index in [-0.39, 0.29) is 6.54 Å². The van der Waals surface area contributed by atoms with Crippen molar-refractivity contribution in [2.45, 2.75) is 18.8 Å². The summed E-state index contributed by atoms with van der Waals surface area (Å²) in [6.45, 7) is 0.243. The molecule has 0 heterocycles. The van der Waals surface area contributed by atoms with E-state index in [9.17, 15) is 8.78 Å². The van der Waals surface area contributed by atoms with Crippen LogP contribution in [0.4, 0.5) is 8.78 Å². The monoisotopic (exact) mass is 181 g/mol. The summed E-state index contributed by atoms with van der Waals surface area (Å²) < 4.78 is 24.9. The van der Waals surface area contributed by atoms with Gasteiger partial charge in [-0.3, -0.25) is 0 Å². The average molecular weight is 181 g/mol. The maximum atomic E-state index is 12.4. The number of nitrogens with one attached hydrogen (secondary N) is 1. The van der Waals surface area contributed by atoms with E-state index in [1.165, 1.54) is 0 Å². The third kappa shape index (κ3) is 6.45. The highest BCUT2D eigenvalue weighted by Crippen LogP contribution is 2.08. The van der Waals surface area contributed by atoms with Crippen LogP contribution in [0.2, 0.25) is 0 Å². The minimum Gasteiger partial charge on any atom is -0.330 e. The summed E-state index contributed by atoms with van der Waals surface area (Å²) in [5.41, 5.74) is 10.1. The van der Waals surface area contributed by atoms with Crippen molar-refractivity contribution < 1.29 is 8.78 Å². The second-order valence-electron chi connectivity index (χ2n) is 2.73. The molecule has 0 fully saturated rings. The van der Waals surface area contributed by atoms with Crippen molar-refractivity contribution in [2.75, 3.05) is 26.2 Å². The van der Waals surface area contributed by atoms with Crippen molar-refractivity contribution in [1.29, 1.82) is 0 Å². The van der Waals surface area contributed by atoms with Crippen LogP contribution in [-0.2, 0) is 0 Å². The van der Waals surface area contributed by atoms with Gasteiger partial charge in [-0.05, 0) is 25.9 Å². The number of rotatable bonds is 7. The fourth-order valence-electron chi connectivity index (χ4n) is 0.738. The highest BCUT2D eigenvalue weighted by Gasteiger charge is 2.25. The zero-order chi connectivity index (χ0) is 9.45.